The third-order valence-corrected chi connectivity index (χ3v) is 2.88. The predicted octanol–water partition coefficient (Wildman–Crippen LogP) is 2.97. The molecule has 104 valence electrons. The van der Waals surface area contributed by atoms with Gasteiger partial charge in [0, 0.05) is 11.6 Å². The van der Waals surface area contributed by atoms with E-state index in [2.05, 4.69) is 5.16 Å². The average Bonchev–Trinajstić information content (AvgIpc) is 2.74. The molecule has 5 heteroatoms. The molecule has 2 aromatic rings. The lowest BCUT2D eigenvalue weighted by molar-refractivity contribution is -0.131. The van der Waals surface area contributed by atoms with Crippen molar-refractivity contribution in [2.45, 2.75) is 20.5 Å². The third-order valence-electron chi connectivity index (χ3n) is 2.88. The third kappa shape index (κ3) is 3.26. The molecule has 5 nitrogen and oxygen atoms in total. The summed E-state index contributed by atoms with van der Waals surface area (Å²) in [6, 6.07) is 7.24. The summed E-state index contributed by atoms with van der Waals surface area (Å²) >= 11 is 0. The van der Waals surface area contributed by atoms with Gasteiger partial charge in [-0.1, -0.05) is 23.4 Å². The van der Waals surface area contributed by atoms with Crippen LogP contribution in [0.2, 0.25) is 0 Å². The number of nitrogens with zero attached hydrogens (tertiary/aromatic N) is 1. The zero-order chi connectivity index (χ0) is 14.5. The normalized spacial score (nSPS) is 10.9. The van der Waals surface area contributed by atoms with Crippen molar-refractivity contribution >= 4 is 12.0 Å². The van der Waals surface area contributed by atoms with Gasteiger partial charge >= 0.3 is 5.97 Å². The Labute approximate surface area is 116 Å². The van der Waals surface area contributed by atoms with E-state index in [1.165, 1.54) is 6.08 Å². The molecule has 0 unspecified atom stereocenters. The molecule has 1 aromatic heterocycles. The number of carboxylic acids is 1. The number of aliphatic carboxylic acids is 1. The minimum atomic E-state index is -0.995. The number of para-hydroxylation sites is 1. The molecule has 0 aliphatic heterocycles. The van der Waals surface area contributed by atoms with Crippen LogP contribution in [0.3, 0.4) is 0 Å². The van der Waals surface area contributed by atoms with Gasteiger partial charge in [-0.05, 0) is 26.0 Å². The summed E-state index contributed by atoms with van der Waals surface area (Å²) in [6.45, 7) is 4.01. The van der Waals surface area contributed by atoms with Crippen LogP contribution in [-0.4, -0.2) is 16.2 Å². The largest absolute Gasteiger partial charge is 0.488 e. The number of carbonyl (C=O) groups is 1. The van der Waals surface area contributed by atoms with Crippen LogP contribution in [0, 0.1) is 13.8 Å². The molecule has 20 heavy (non-hydrogen) atoms. The first-order valence-corrected chi connectivity index (χ1v) is 6.12. The van der Waals surface area contributed by atoms with Gasteiger partial charge in [0.05, 0.1) is 11.3 Å². The predicted molar refractivity (Wildman–Crippen MR) is 73.4 cm³/mol. The summed E-state index contributed by atoms with van der Waals surface area (Å²) in [4.78, 5) is 10.6. The van der Waals surface area contributed by atoms with Gasteiger partial charge in [0.25, 0.3) is 0 Å². The van der Waals surface area contributed by atoms with Crippen molar-refractivity contribution in [3.05, 3.63) is 52.9 Å². The summed E-state index contributed by atoms with van der Waals surface area (Å²) in [7, 11) is 0. The van der Waals surface area contributed by atoms with E-state index >= 15 is 0 Å². The Morgan fingerprint density at radius 1 is 1.40 bits per heavy atom. The number of ether oxygens (including phenoxy) is 1. The van der Waals surface area contributed by atoms with E-state index < -0.39 is 5.97 Å². The highest BCUT2D eigenvalue weighted by Crippen LogP contribution is 2.22. The Balaban J connectivity index is 2.16. The van der Waals surface area contributed by atoms with Crippen LogP contribution < -0.4 is 4.74 Å². The first-order chi connectivity index (χ1) is 9.58. The summed E-state index contributed by atoms with van der Waals surface area (Å²) in [6.07, 6.45) is 2.59. The number of benzene rings is 1. The fourth-order valence-corrected chi connectivity index (χ4v) is 1.77. The molecule has 0 radical (unpaired) electrons. The molecule has 0 saturated carbocycles. The van der Waals surface area contributed by atoms with Gasteiger partial charge in [0.2, 0.25) is 0 Å². The number of aryl methyl sites for hydroxylation is 2. The fraction of sp³-hybridized carbons (Fsp3) is 0.200. The molecule has 2 rings (SSSR count). The molecule has 0 fully saturated rings. The molecule has 1 heterocycles. The van der Waals surface area contributed by atoms with Crippen LogP contribution in [0.5, 0.6) is 5.75 Å². The maximum Gasteiger partial charge on any atom is 0.328 e. The Kier molecular flexibility index (Phi) is 4.20. The van der Waals surface area contributed by atoms with E-state index in [-0.39, 0.29) is 0 Å². The van der Waals surface area contributed by atoms with Crippen LogP contribution in [0.25, 0.3) is 6.08 Å². The summed E-state index contributed by atoms with van der Waals surface area (Å²) < 4.78 is 10.8. The molecule has 1 N–H and O–H groups in total. The van der Waals surface area contributed by atoms with Crippen molar-refractivity contribution in [1.82, 2.24) is 5.16 Å². The van der Waals surface area contributed by atoms with Gasteiger partial charge in [-0.15, -0.1) is 0 Å². The molecule has 0 aliphatic carbocycles. The van der Waals surface area contributed by atoms with E-state index in [1.807, 2.05) is 26.0 Å². The molecule has 0 amide bonds. The number of hydrogen-bond donors (Lipinski definition) is 1. The Bertz CT molecular complexity index is 624. The van der Waals surface area contributed by atoms with Gasteiger partial charge in [-0.25, -0.2) is 4.79 Å². The number of aromatic nitrogens is 1. The lowest BCUT2D eigenvalue weighted by Crippen LogP contribution is -1.99. The fourth-order valence-electron chi connectivity index (χ4n) is 1.77. The van der Waals surface area contributed by atoms with Crippen molar-refractivity contribution in [1.29, 1.82) is 0 Å². The first-order valence-electron chi connectivity index (χ1n) is 6.12. The second-order valence-corrected chi connectivity index (χ2v) is 4.30. The van der Waals surface area contributed by atoms with Crippen LogP contribution >= 0.6 is 0 Å². The minimum absolute atomic E-state index is 0.332. The van der Waals surface area contributed by atoms with Crippen molar-refractivity contribution < 1.29 is 19.2 Å². The molecular formula is C15H15NO4. The highest BCUT2D eigenvalue weighted by atomic mass is 16.5. The van der Waals surface area contributed by atoms with Crippen LogP contribution in [0.4, 0.5) is 0 Å². The van der Waals surface area contributed by atoms with Crippen LogP contribution in [0.1, 0.15) is 22.6 Å². The Morgan fingerprint density at radius 2 is 2.15 bits per heavy atom. The molecular weight excluding hydrogens is 258 g/mol. The second kappa shape index (κ2) is 6.06. The van der Waals surface area contributed by atoms with E-state index in [0.29, 0.717) is 17.9 Å². The van der Waals surface area contributed by atoms with Gasteiger partial charge in [-0.2, -0.15) is 0 Å². The number of carboxylic acid groups (broad SMARTS) is 1. The maximum atomic E-state index is 10.6. The van der Waals surface area contributed by atoms with Crippen molar-refractivity contribution in [2.24, 2.45) is 0 Å². The lowest BCUT2D eigenvalue weighted by atomic mass is 10.2. The molecule has 1 aromatic carbocycles. The van der Waals surface area contributed by atoms with Crippen LogP contribution in [0.15, 0.2) is 34.9 Å². The smallest absolute Gasteiger partial charge is 0.328 e. The van der Waals surface area contributed by atoms with E-state index in [9.17, 15) is 4.79 Å². The standard InChI is InChI=1S/C15H15NO4/c1-10-13(11(2)20-16-10)9-19-14-6-4-3-5-12(14)7-8-15(17)18/h3-8H,9H2,1-2H3,(H,17,18)/b8-7+. The van der Waals surface area contributed by atoms with E-state index in [0.717, 1.165) is 23.1 Å². The summed E-state index contributed by atoms with van der Waals surface area (Å²) in [5, 5.41) is 12.5. The second-order valence-electron chi connectivity index (χ2n) is 4.30. The van der Waals surface area contributed by atoms with Gasteiger partial charge in [0.15, 0.2) is 0 Å². The molecule has 0 bridgehead atoms. The topological polar surface area (TPSA) is 72.6 Å². The van der Waals surface area contributed by atoms with Crippen molar-refractivity contribution in [3.63, 3.8) is 0 Å². The van der Waals surface area contributed by atoms with Crippen molar-refractivity contribution in [3.8, 4) is 5.75 Å². The lowest BCUT2D eigenvalue weighted by Gasteiger charge is -2.08. The van der Waals surface area contributed by atoms with Gasteiger partial charge < -0.3 is 14.4 Å². The van der Waals surface area contributed by atoms with E-state index in [4.69, 9.17) is 14.4 Å². The maximum absolute atomic E-state index is 10.6. The molecule has 0 aliphatic rings. The average molecular weight is 273 g/mol. The van der Waals surface area contributed by atoms with Crippen LogP contribution in [-0.2, 0) is 11.4 Å². The SMILES string of the molecule is Cc1noc(C)c1COc1ccccc1/C=C/C(=O)O. The van der Waals surface area contributed by atoms with Gasteiger partial charge in [0.1, 0.15) is 18.1 Å². The monoisotopic (exact) mass is 273 g/mol. The summed E-state index contributed by atoms with van der Waals surface area (Å²) in [5.41, 5.74) is 2.41. The number of rotatable bonds is 5. The van der Waals surface area contributed by atoms with Crippen molar-refractivity contribution in [2.75, 3.05) is 0 Å². The molecule has 0 saturated heterocycles. The van der Waals surface area contributed by atoms with Gasteiger partial charge in [-0.3, -0.25) is 0 Å². The Hall–Kier alpha value is -2.56. The molecule has 0 atom stereocenters. The Morgan fingerprint density at radius 3 is 2.80 bits per heavy atom. The number of hydrogen-bond acceptors (Lipinski definition) is 4. The quantitative estimate of drug-likeness (QED) is 0.848. The zero-order valence-corrected chi connectivity index (χ0v) is 11.3. The first kappa shape index (κ1) is 13.9. The summed E-state index contributed by atoms with van der Waals surface area (Å²) in [5.74, 6) is 0.344. The zero-order valence-electron chi connectivity index (χ0n) is 11.3. The highest BCUT2D eigenvalue weighted by Gasteiger charge is 2.10. The molecule has 0 spiro atoms. The minimum Gasteiger partial charge on any atom is -0.488 e. The van der Waals surface area contributed by atoms with E-state index in [1.54, 1.807) is 12.1 Å². The highest BCUT2D eigenvalue weighted by molar-refractivity contribution is 5.85.